The number of aliphatic carboxylic acids is 1. The number of nitrogens with one attached hydrogen (secondary N) is 1. The lowest BCUT2D eigenvalue weighted by Crippen LogP contribution is -2.40. The predicted molar refractivity (Wildman–Crippen MR) is 73.5 cm³/mol. The molecule has 0 heterocycles. The van der Waals surface area contributed by atoms with E-state index in [-0.39, 0.29) is 12.8 Å². The Bertz CT molecular complexity index is 511. The minimum absolute atomic E-state index is 0.0322. The summed E-state index contributed by atoms with van der Waals surface area (Å²) in [4.78, 5) is 33.2. The van der Waals surface area contributed by atoms with Gasteiger partial charge in [-0.25, -0.2) is 4.79 Å². The van der Waals surface area contributed by atoms with E-state index < -0.39 is 23.8 Å². The van der Waals surface area contributed by atoms with Gasteiger partial charge in [0.25, 0.3) is 0 Å². The summed E-state index contributed by atoms with van der Waals surface area (Å²) >= 11 is 0. The summed E-state index contributed by atoms with van der Waals surface area (Å²) in [5.41, 5.74) is 5.77. The van der Waals surface area contributed by atoms with Gasteiger partial charge in [-0.05, 0) is 18.1 Å². The number of nitrogens with two attached hydrogens (primary N) is 1. The molecule has 0 spiro atoms. The molecule has 0 bridgehead atoms. The highest BCUT2D eigenvalue weighted by molar-refractivity contribution is 5.94. The van der Waals surface area contributed by atoms with Crippen LogP contribution < -0.4 is 11.1 Å². The molecule has 2 amide bonds. The Balaban J connectivity index is 2.56. The molecule has 106 valence electrons. The normalized spacial score (nSPS) is 12.0. The van der Waals surface area contributed by atoms with Crippen molar-refractivity contribution in [3.63, 3.8) is 0 Å². The average Bonchev–Trinajstić information content (AvgIpc) is 2.41. The summed E-state index contributed by atoms with van der Waals surface area (Å²) in [5.74, 6) is -2.34. The number of primary amides is 1. The van der Waals surface area contributed by atoms with Crippen LogP contribution in [0.5, 0.6) is 0 Å². The first kappa shape index (κ1) is 15.4. The molecule has 0 fully saturated rings. The Morgan fingerprint density at radius 3 is 2.45 bits per heavy atom. The standard InChI is InChI=1S/C14H16N2O4/c15-12(17)8-7-11(14(19)20)16-13(18)9-6-10-4-2-1-3-5-10/h1-6,9,11H,7-8H2,(H2,15,17)(H,16,18)(H,19,20)/b9-6+/t11-/m1/s1. The Labute approximate surface area is 116 Å². The highest BCUT2D eigenvalue weighted by Gasteiger charge is 2.19. The lowest BCUT2D eigenvalue weighted by molar-refractivity contribution is -0.141. The molecule has 0 unspecified atom stereocenters. The van der Waals surface area contributed by atoms with E-state index in [1.165, 1.54) is 6.08 Å². The SMILES string of the molecule is NC(=O)CC[C@@H](NC(=O)/C=C/c1ccccc1)C(=O)O. The van der Waals surface area contributed by atoms with Crippen molar-refractivity contribution in [2.45, 2.75) is 18.9 Å². The third kappa shape index (κ3) is 5.81. The van der Waals surface area contributed by atoms with E-state index in [0.29, 0.717) is 0 Å². The van der Waals surface area contributed by atoms with Crippen LogP contribution in [0.25, 0.3) is 6.08 Å². The number of amides is 2. The van der Waals surface area contributed by atoms with Crippen LogP contribution in [0.3, 0.4) is 0 Å². The topological polar surface area (TPSA) is 109 Å². The third-order valence-corrected chi connectivity index (χ3v) is 2.52. The molecule has 20 heavy (non-hydrogen) atoms. The van der Waals surface area contributed by atoms with Gasteiger partial charge < -0.3 is 16.2 Å². The number of carbonyl (C=O) groups is 3. The summed E-state index contributed by atoms with van der Waals surface area (Å²) in [6.45, 7) is 0. The van der Waals surface area contributed by atoms with Crippen molar-refractivity contribution in [3.8, 4) is 0 Å². The van der Waals surface area contributed by atoms with Gasteiger partial charge in [-0.1, -0.05) is 30.3 Å². The van der Waals surface area contributed by atoms with Crippen LogP contribution in [0.2, 0.25) is 0 Å². The fourth-order valence-electron chi connectivity index (χ4n) is 1.50. The van der Waals surface area contributed by atoms with E-state index in [0.717, 1.165) is 5.56 Å². The fourth-order valence-corrected chi connectivity index (χ4v) is 1.50. The molecule has 0 aliphatic carbocycles. The van der Waals surface area contributed by atoms with Crippen molar-refractivity contribution in [3.05, 3.63) is 42.0 Å². The maximum absolute atomic E-state index is 11.6. The number of carboxylic acids is 1. The highest BCUT2D eigenvalue weighted by Crippen LogP contribution is 2.02. The molecule has 6 heteroatoms. The van der Waals surface area contributed by atoms with Gasteiger partial charge >= 0.3 is 5.97 Å². The van der Waals surface area contributed by atoms with Crippen LogP contribution in [0.4, 0.5) is 0 Å². The van der Waals surface area contributed by atoms with Gasteiger partial charge in [0.15, 0.2) is 0 Å². The molecule has 1 aromatic rings. The van der Waals surface area contributed by atoms with Crippen LogP contribution in [-0.4, -0.2) is 28.9 Å². The van der Waals surface area contributed by atoms with E-state index >= 15 is 0 Å². The molecule has 0 aliphatic heterocycles. The first-order valence-corrected chi connectivity index (χ1v) is 6.04. The predicted octanol–water partition coefficient (Wildman–Crippen LogP) is 0.535. The van der Waals surface area contributed by atoms with Gasteiger partial charge in [-0.15, -0.1) is 0 Å². The van der Waals surface area contributed by atoms with Gasteiger partial charge in [0.2, 0.25) is 11.8 Å². The zero-order chi connectivity index (χ0) is 15.0. The second-order valence-electron chi connectivity index (χ2n) is 4.15. The molecule has 0 aliphatic rings. The molecular formula is C14H16N2O4. The second-order valence-corrected chi connectivity index (χ2v) is 4.15. The van der Waals surface area contributed by atoms with Crippen LogP contribution >= 0.6 is 0 Å². The molecule has 0 aromatic heterocycles. The van der Waals surface area contributed by atoms with Gasteiger partial charge in [0, 0.05) is 12.5 Å². The Hall–Kier alpha value is -2.63. The van der Waals surface area contributed by atoms with Crippen LogP contribution in [0.1, 0.15) is 18.4 Å². The Kier molecular flexibility index (Phi) is 5.96. The number of hydrogen-bond acceptors (Lipinski definition) is 3. The van der Waals surface area contributed by atoms with Crippen LogP contribution in [0.15, 0.2) is 36.4 Å². The van der Waals surface area contributed by atoms with E-state index in [1.54, 1.807) is 6.08 Å². The number of hydrogen-bond donors (Lipinski definition) is 3. The van der Waals surface area contributed by atoms with E-state index in [4.69, 9.17) is 10.8 Å². The molecular weight excluding hydrogens is 260 g/mol. The molecule has 0 saturated heterocycles. The monoisotopic (exact) mass is 276 g/mol. The van der Waals surface area contributed by atoms with Gasteiger partial charge in [-0.3, -0.25) is 9.59 Å². The van der Waals surface area contributed by atoms with Crippen molar-refractivity contribution in [2.75, 3.05) is 0 Å². The van der Waals surface area contributed by atoms with E-state index in [1.807, 2.05) is 30.3 Å². The summed E-state index contributed by atoms with van der Waals surface area (Å²) < 4.78 is 0. The van der Waals surface area contributed by atoms with Gasteiger partial charge in [0.05, 0.1) is 0 Å². The molecule has 0 radical (unpaired) electrons. The lowest BCUT2D eigenvalue weighted by Gasteiger charge is -2.11. The van der Waals surface area contributed by atoms with Crippen molar-refractivity contribution >= 4 is 23.9 Å². The fraction of sp³-hybridized carbons (Fsp3) is 0.214. The summed E-state index contributed by atoms with van der Waals surface area (Å²) in [6, 6.07) is 7.99. The summed E-state index contributed by atoms with van der Waals surface area (Å²) in [5, 5.41) is 11.2. The zero-order valence-corrected chi connectivity index (χ0v) is 10.8. The summed E-state index contributed by atoms with van der Waals surface area (Å²) in [7, 11) is 0. The number of carbonyl (C=O) groups excluding carboxylic acids is 2. The quantitative estimate of drug-likeness (QED) is 0.631. The largest absolute Gasteiger partial charge is 0.480 e. The first-order valence-electron chi connectivity index (χ1n) is 6.04. The van der Waals surface area contributed by atoms with Gasteiger partial charge in [-0.2, -0.15) is 0 Å². The summed E-state index contributed by atoms with van der Waals surface area (Å²) in [6.07, 6.45) is 2.69. The molecule has 6 nitrogen and oxygen atoms in total. The lowest BCUT2D eigenvalue weighted by atomic mass is 10.1. The maximum Gasteiger partial charge on any atom is 0.326 e. The number of rotatable bonds is 7. The second kappa shape index (κ2) is 7.73. The average molecular weight is 276 g/mol. The van der Waals surface area contributed by atoms with E-state index in [2.05, 4.69) is 5.32 Å². The van der Waals surface area contributed by atoms with Crippen LogP contribution in [0, 0.1) is 0 Å². The van der Waals surface area contributed by atoms with E-state index in [9.17, 15) is 14.4 Å². The van der Waals surface area contributed by atoms with Crippen molar-refractivity contribution in [1.82, 2.24) is 5.32 Å². The van der Waals surface area contributed by atoms with Gasteiger partial charge in [0.1, 0.15) is 6.04 Å². The molecule has 1 atom stereocenters. The first-order chi connectivity index (χ1) is 9.49. The molecule has 1 rings (SSSR count). The number of benzene rings is 1. The Morgan fingerprint density at radius 1 is 1.25 bits per heavy atom. The highest BCUT2D eigenvalue weighted by atomic mass is 16.4. The van der Waals surface area contributed by atoms with Crippen molar-refractivity contribution in [1.29, 1.82) is 0 Å². The number of carboxylic acid groups (broad SMARTS) is 1. The minimum atomic E-state index is -1.20. The maximum atomic E-state index is 11.6. The molecule has 0 saturated carbocycles. The van der Waals surface area contributed by atoms with Crippen LogP contribution in [-0.2, 0) is 14.4 Å². The minimum Gasteiger partial charge on any atom is -0.480 e. The third-order valence-electron chi connectivity index (χ3n) is 2.52. The Morgan fingerprint density at radius 2 is 1.90 bits per heavy atom. The van der Waals surface area contributed by atoms with Crippen molar-refractivity contribution in [2.24, 2.45) is 5.73 Å². The smallest absolute Gasteiger partial charge is 0.326 e. The molecule has 4 N–H and O–H groups in total. The molecule has 1 aromatic carbocycles. The van der Waals surface area contributed by atoms with Crippen molar-refractivity contribution < 1.29 is 19.5 Å². The zero-order valence-electron chi connectivity index (χ0n) is 10.8.